The fraction of sp³-hybridized carbons (Fsp3) is 0.375. The summed E-state index contributed by atoms with van der Waals surface area (Å²) in [6, 6.07) is 3.41. The molecular formula is C16H15N5O5S. The molecule has 3 rings (SSSR count). The van der Waals surface area contributed by atoms with Gasteiger partial charge in [-0.05, 0) is 30.5 Å². The van der Waals surface area contributed by atoms with Crippen LogP contribution in [0.5, 0.6) is 0 Å². The summed E-state index contributed by atoms with van der Waals surface area (Å²) in [5.74, 6) is -2.32. The largest absolute Gasteiger partial charge is 0.295 e. The lowest BCUT2D eigenvalue weighted by Crippen LogP contribution is -2.54. The van der Waals surface area contributed by atoms with Crippen LogP contribution in [0, 0.1) is 0 Å². The van der Waals surface area contributed by atoms with E-state index in [4.69, 9.17) is 5.53 Å². The maximum atomic E-state index is 12.9. The van der Waals surface area contributed by atoms with E-state index < -0.39 is 40.5 Å². The van der Waals surface area contributed by atoms with Crippen molar-refractivity contribution in [2.24, 2.45) is 5.11 Å². The lowest BCUT2D eigenvalue weighted by molar-refractivity contribution is -0.136. The van der Waals surface area contributed by atoms with Gasteiger partial charge in [-0.3, -0.25) is 33.6 Å². The number of carbonyl (C=O) groups excluding carboxylic acids is 4. The highest BCUT2D eigenvalue weighted by Gasteiger charge is 2.45. The molecule has 1 N–H and O–H groups in total. The van der Waals surface area contributed by atoms with Crippen LogP contribution in [0.3, 0.4) is 0 Å². The van der Waals surface area contributed by atoms with Crippen molar-refractivity contribution in [3.05, 3.63) is 39.8 Å². The third-order valence-corrected chi connectivity index (χ3v) is 5.82. The van der Waals surface area contributed by atoms with Crippen LogP contribution >= 0.6 is 0 Å². The number of hydrogen-bond donors (Lipinski definition) is 1. The smallest absolute Gasteiger partial charge is 0.263 e. The Morgan fingerprint density at radius 1 is 1.26 bits per heavy atom. The fourth-order valence-electron chi connectivity index (χ4n) is 3.09. The first kappa shape index (κ1) is 18.7. The summed E-state index contributed by atoms with van der Waals surface area (Å²) < 4.78 is 12.6. The average Bonchev–Trinajstić information content (AvgIpc) is 2.90. The number of piperidine rings is 1. The monoisotopic (exact) mass is 389 g/mol. The third-order valence-electron chi connectivity index (χ3n) is 4.33. The second kappa shape index (κ2) is 7.68. The normalized spacial score (nSPS) is 20.1. The molecule has 2 aliphatic heterocycles. The quantitative estimate of drug-likeness (QED) is 0.252. The van der Waals surface area contributed by atoms with Crippen molar-refractivity contribution in [1.29, 1.82) is 0 Å². The van der Waals surface area contributed by atoms with E-state index in [1.165, 1.54) is 18.2 Å². The van der Waals surface area contributed by atoms with E-state index >= 15 is 0 Å². The minimum Gasteiger partial charge on any atom is -0.295 e. The minimum absolute atomic E-state index is 0.0225. The van der Waals surface area contributed by atoms with Crippen LogP contribution in [0.25, 0.3) is 10.4 Å². The van der Waals surface area contributed by atoms with Gasteiger partial charge in [0.25, 0.3) is 11.8 Å². The van der Waals surface area contributed by atoms with Gasteiger partial charge in [0.05, 0.1) is 26.8 Å². The zero-order valence-electron chi connectivity index (χ0n) is 14.1. The number of azide groups is 1. The minimum atomic E-state index is -1.58. The van der Waals surface area contributed by atoms with E-state index in [0.29, 0.717) is 6.42 Å². The summed E-state index contributed by atoms with van der Waals surface area (Å²) in [5.41, 5.74) is 8.38. The van der Waals surface area contributed by atoms with Crippen molar-refractivity contribution in [2.75, 3.05) is 12.3 Å². The predicted octanol–water partition coefficient (Wildman–Crippen LogP) is 0.896. The highest BCUT2D eigenvalue weighted by molar-refractivity contribution is 7.85. The van der Waals surface area contributed by atoms with E-state index in [1.807, 2.05) is 0 Å². The molecule has 10 nitrogen and oxygen atoms in total. The van der Waals surface area contributed by atoms with Gasteiger partial charge in [0, 0.05) is 23.6 Å². The first-order chi connectivity index (χ1) is 13.0. The Bertz CT molecular complexity index is 924. The standard InChI is InChI=1S/C16H15N5O5S/c17-20-18-7-2-8-27(26)11-4-1-3-9-13(11)16(25)21(15(9)24)10-5-6-12(22)19-14(10)23/h1,3-4,10H,2,5-8H2,(H,19,22,23). The van der Waals surface area contributed by atoms with E-state index in [1.54, 1.807) is 0 Å². The van der Waals surface area contributed by atoms with Crippen molar-refractivity contribution in [3.63, 3.8) is 0 Å². The summed E-state index contributed by atoms with van der Waals surface area (Å²) >= 11 is 0. The zero-order valence-corrected chi connectivity index (χ0v) is 14.9. The Kier molecular flexibility index (Phi) is 5.33. The van der Waals surface area contributed by atoms with Crippen molar-refractivity contribution in [1.82, 2.24) is 10.2 Å². The number of hydrogen-bond acceptors (Lipinski definition) is 6. The average molecular weight is 389 g/mol. The van der Waals surface area contributed by atoms with Gasteiger partial charge in [-0.25, -0.2) is 0 Å². The molecule has 0 radical (unpaired) electrons. The lowest BCUT2D eigenvalue weighted by atomic mass is 10.0. The molecule has 27 heavy (non-hydrogen) atoms. The van der Waals surface area contributed by atoms with Crippen molar-refractivity contribution in [3.8, 4) is 0 Å². The van der Waals surface area contributed by atoms with Crippen LogP contribution in [0.15, 0.2) is 28.2 Å². The lowest BCUT2D eigenvalue weighted by Gasteiger charge is -2.27. The summed E-state index contributed by atoms with van der Waals surface area (Å²) in [5, 5.41) is 5.50. The summed E-state index contributed by atoms with van der Waals surface area (Å²) in [6.45, 7) is 0.173. The van der Waals surface area contributed by atoms with Crippen LogP contribution in [-0.4, -0.2) is 51.1 Å². The van der Waals surface area contributed by atoms with Crippen LogP contribution in [0.1, 0.15) is 40.0 Å². The summed E-state index contributed by atoms with van der Waals surface area (Å²) in [7, 11) is -1.58. The number of imide groups is 2. The summed E-state index contributed by atoms with van der Waals surface area (Å²) in [4.78, 5) is 52.6. The molecule has 140 valence electrons. The molecule has 2 atom stereocenters. The number of nitrogens with one attached hydrogen (secondary N) is 1. The topological polar surface area (TPSA) is 149 Å². The number of fused-ring (bicyclic) bond motifs is 1. The highest BCUT2D eigenvalue weighted by atomic mass is 32.2. The Morgan fingerprint density at radius 2 is 2.04 bits per heavy atom. The highest BCUT2D eigenvalue weighted by Crippen LogP contribution is 2.31. The van der Waals surface area contributed by atoms with Gasteiger partial charge < -0.3 is 0 Å². The molecule has 1 fully saturated rings. The Balaban J connectivity index is 1.88. The van der Waals surface area contributed by atoms with Crippen molar-refractivity contribution < 1.29 is 23.4 Å². The predicted molar refractivity (Wildman–Crippen MR) is 93.0 cm³/mol. The second-order valence-corrected chi connectivity index (χ2v) is 7.52. The molecule has 2 heterocycles. The van der Waals surface area contributed by atoms with Gasteiger partial charge in [0.15, 0.2) is 0 Å². The number of amides is 4. The van der Waals surface area contributed by atoms with E-state index in [2.05, 4.69) is 15.3 Å². The van der Waals surface area contributed by atoms with Crippen molar-refractivity contribution >= 4 is 34.4 Å². The number of rotatable bonds is 6. The molecule has 2 unspecified atom stereocenters. The molecular weight excluding hydrogens is 374 g/mol. The molecule has 1 aromatic carbocycles. The van der Waals surface area contributed by atoms with Crippen molar-refractivity contribution in [2.45, 2.75) is 30.2 Å². The zero-order chi connectivity index (χ0) is 19.6. The van der Waals surface area contributed by atoms with Gasteiger partial charge in [-0.15, -0.1) is 0 Å². The van der Waals surface area contributed by atoms with Crippen LogP contribution < -0.4 is 5.32 Å². The molecule has 0 bridgehead atoms. The maximum Gasteiger partial charge on any atom is 0.263 e. The van der Waals surface area contributed by atoms with E-state index in [0.717, 1.165) is 4.90 Å². The third kappa shape index (κ3) is 3.46. The Morgan fingerprint density at radius 3 is 2.74 bits per heavy atom. The van der Waals surface area contributed by atoms with E-state index in [-0.39, 0.29) is 41.2 Å². The maximum absolute atomic E-state index is 12.9. The van der Waals surface area contributed by atoms with E-state index in [9.17, 15) is 23.4 Å². The number of carbonyl (C=O) groups is 4. The molecule has 11 heteroatoms. The molecule has 4 amide bonds. The molecule has 1 saturated heterocycles. The van der Waals surface area contributed by atoms with Gasteiger partial charge >= 0.3 is 0 Å². The first-order valence-corrected chi connectivity index (χ1v) is 9.51. The fourth-order valence-corrected chi connectivity index (χ4v) is 4.36. The number of benzene rings is 1. The molecule has 1 aromatic rings. The van der Waals surface area contributed by atoms with Gasteiger partial charge in [-0.2, -0.15) is 0 Å². The van der Waals surface area contributed by atoms with Gasteiger partial charge in [0.2, 0.25) is 11.8 Å². The summed E-state index contributed by atoms with van der Waals surface area (Å²) in [6.07, 6.45) is 0.446. The molecule has 0 aliphatic carbocycles. The second-order valence-electron chi connectivity index (χ2n) is 5.98. The van der Waals surface area contributed by atoms with Crippen LogP contribution in [0.4, 0.5) is 0 Å². The molecule has 0 aromatic heterocycles. The SMILES string of the molecule is [N-]=[N+]=NCCCS(=O)c1cccc2c1C(=O)N(C1CCC(=O)NC1=O)C2=O. The van der Waals surface area contributed by atoms with Gasteiger partial charge in [0.1, 0.15) is 6.04 Å². The molecule has 2 aliphatic rings. The Hall–Kier alpha value is -3.04. The number of nitrogens with zero attached hydrogens (tertiary/aromatic N) is 4. The molecule has 0 saturated carbocycles. The van der Waals surface area contributed by atoms with Crippen LogP contribution in [-0.2, 0) is 20.4 Å². The molecule has 0 spiro atoms. The van der Waals surface area contributed by atoms with Gasteiger partial charge in [-0.1, -0.05) is 11.2 Å². The Labute approximate surface area is 156 Å². The first-order valence-electron chi connectivity index (χ1n) is 8.19. The van der Waals surface area contributed by atoms with Crippen LogP contribution in [0.2, 0.25) is 0 Å².